The molecule has 3 rings (SSSR count). The fourth-order valence-corrected chi connectivity index (χ4v) is 3.02. The number of nitrogens with two attached hydrogens (primary N) is 1. The molecule has 1 saturated carbocycles. The summed E-state index contributed by atoms with van der Waals surface area (Å²) in [7, 11) is 1.48. The monoisotopic (exact) mass is 279 g/mol. The second-order valence-corrected chi connectivity index (χ2v) is 5.91. The number of nitrogens with zero attached hydrogens (tertiary/aromatic N) is 1. The van der Waals surface area contributed by atoms with Crippen molar-refractivity contribution < 1.29 is 9.13 Å². The molecule has 1 aromatic rings. The molecule has 110 valence electrons. The Morgan fingerprint density at radius 3 is 2.95 bits per heavy atom. The summed E-state index contributed by atoms with van der Waals surface area (Å²) < 4.78 is 18.5. The maximum Gasteiger partial charge on any atom is 0.165 e. The van der Waals surface area contributed by atoms with E-state index < -0.39 is 0 Å². The summed E-state index contributed by atoms with van der Waals surface area (Å²) in [5.41, 5.74) is 6.77. The first-order valence-corrected chi connectivity index (χ1v) is 7.22. The molecule has 1 aromatic carbocycles. The van der Waals surface area contributed by atoms with Crippen LogP contribution in [0.4, 0.5) is 10.1 Å². The first-order chi connectivity index (χ1) is 9.65. The number of benzene rings is 1. The number of halogens is 1. The summed E-state index contributed by atoms with van der Waals surface area (Å²) in [6.07, 6.45) is 3.65. The van der Waals surface area contributed by atoms with E-state index in [-0.39, 0.29) is 17.1 Å². The van der Waals surface area contributed by atoms with Crippen LogP contribution in [0.2, 0.25) is 0 Å². The second kappa shape index (κ2) is 5.22. The first kappa shape index (κ1) is 13.6. The van der Waals surface area contributed by atoms with E-state index in [9.17, 15) is 4.39 Å². The molecule has 0 bridgehead atoms. The zero-order valence-electron chi connectivity index (χ0n) is 11.9. The lowest BCUT2D eigenvalue weighted by molar-refractivity contribution is 0.309. The topological polar surface area (TPSA) is 50.5 Å². The molecule has 20 heavy (non-hydrogen) atoms. The largest absolute Gasteiger partial charge is 0.494 e. The van der Waals surface area contributed by atoms with Gasteiger partial charge < -0.3 is 15.8 Å². The second-order valence-electron chi connectivity index (χ2n) is 5.91. The predicted octanol–water partition coefficient (Wildman–Crippen LogP) is 1.81. The van der Waals surface area contributed by atoms with Crippen LogP contribution >= 0.6 is 0 Å². The lowest BCUT2D eigenvalue weighted by atomic mass is 9.98. The van der Waals surface area contributed by atoms with Crippen molar-refractivity contribution in [1.82, 2.24) is 4.90 Å². The standard InChI is InChI=1S/C15H22FN3O/c1-20-14-8-11(2-5-13(14)16)18-15(9-17)6-7-19(10-15)12-3-4-12/h2,5,8,12,18H,3-4,6-7,9-10,17H2,1H3. The minimum Gasteiger partial charge on any atom is -0.494 e. The summed E-state index contributed by atoms with van der Waals surface area (Å²) >= 11 is 0. The summed E-state index contributed by atoms with van der Waals surface area (Å²) in [5.74, 6) is -0.0786. The van der Waals surface area contributed by atoms with Crippen molar-refractivity contribution in [1.29, 1.82) is 0 Å². The molecule has 1 aliphatic carbocycles. The molecule has 0 radical (unpaired) electrons. The van der Waals surface area contributed by atoms with Gasteiger partial charge in [-0.25, -0.2) is 4.39 Å². The molecule has 3 N–H and O–H groups in total. The van der Waals surface area contributed by atoms with Gasteiger partial charge in [-0.3, -0.25) is 4.90 Å². The van der Waals surface area contributed by atoms with Crippen molar-refractivity contribution in [3.8, 4) is 5.75 Å². The van der Waals surface area contributed by atoms with Crippen LogP contribution in [0.5, 0.6) is 5.75 Å². The Bertz CT molecular complexity index is 492. The van der Waals surface area contributed by atoms with Crippen molar-refractivity contribution in [3.05, 3.63) is 24.0 Å². The number of rotatable bonds is 5. The number of hydrogen-bond acceptors (Lipinski definition) is 4. The number of ether oxygens (including phenoxy) is 1. The number of methoxy groups -OCH3 is 1. The lowest BCUT2D eigenvalue weighted by Gasteiger charge is -2.30. The van der Waals surface area contributed by atoms with E-state index in [0.29, 0.717) is 6.54 Å². The molecule has 1 unspecified atom stereocenters. The smallest absolute Gasteiger partial charge is 0.165 e. The van der Waals surface area contributed by atoms with Crippen molar-refractivity contribution in [2.75, 3.05) is 32.1 Å². The van der Waals surface area contributed by atoms with Gasteiger partial charge in [0.1, 0.15) is 0 Å². The number of likely N-dealkylation sites (tertiary alicyclic amines) is 1. The number of nitrogens with one attached hydrogen (secondary N) is 1. The minimum absolute atomic E-state index is 0.106. The van der Waals surface area contributed by atoms with Crippen molar-refractivity contribution in [2.24, 2.45) is 5.73 Å². The molecule has 1 saturated heterocycles. The Labute approximate surface area is 119 Å². The van der Waals surface area contributed by atoms with Gasteiger partial charge in [-0.05, 0) is 31.4 Å². The number of anilines is 1. The van der Waals surface area contributed by atoms with Crippen LogP contribution in [-0.2, 0) is 0 Å². The Morgan fingerprint density at radius 2 is 2.30 bits per heavy atom. The molecule has 4 nitrogen and oxygen atoms in total. The number of hydrogen-bond donors (Lipinski definition) is 2. The van der Waals surface area contributed by atoms with Crippen LogP contribution in [0.15, 0.2) is 18.2 Å². The summed E-state index contributed by atoms with van der Waals surface area (Å²) in [6.45, 7) is 2.64. The minimum atomic E-state index is -0.342. The molecule has 2 fully saturated rings. The average Bonchev–Trinajstić information content (AvgIpc) is 3.23. The van der Waals surface area contributed by atoms with Gasteiger partial charge >= 0.3 is 0 Å². The predicted molar refractivity (Wildman–Crippen MR) is 77.6 cm³/mol. The normalized spacial score (nSPS) is 26.8. The van der Waals surface area contributed by atoms with Gasteiger partial charge in [0.25, 0.3) is 0 Å². The van der Waals surface area contributed by atoms with Crippen LogP contribution in [-0.4, -0.2) is 43.2 Å². The van der Waals surface area contributed by atoms with E-state index in [4.69, 9.17) is 10.5 Å². The first-order valence-electron chi connectivity index (χ1n) is 7.22. The van der Waals surface area contributed by atoms with Gasteiger partial charge in [0.2, 0.25) is 0 Å². The molecule has 0 aromatic heterocycles. The fraction of sp³-hybridized carbons (Fsp3) is 0.600. The van der Waals surface area contributed by atoms with Crippen molar-refractivity contribution in [2.45, 2.75) is 30.8 Å². The van der Waals surface area contributed by atoms with E-state index in [0.717, 1.165) is 31.2 Å². The molecular formula is C15H22FN3O. The Hall–Kier alpha value is -1.33. The highest BCUT2D eigenvalue weighted by molar-refractivity contribution is 5.51. The third kappa shape index (κ3) is 2.60. The zero-order chi connectivity index (χ0) is 14.2. The highest BCUT2D eigenvalue weighted by Gasteiger charge is 2.42. The molecule has 5 heteroatoms. The van der Waals surface area contributed by atoms with E-state index in [2.05, 4.69) is 10.2 Å². The van der Waals surface area contributed by atoms with E-state index >= 15 is 0 Å². The van der Waals surface area contributed by atoms with Gasteiger partial charge in [-0.2, -0.15) is 0 Å². The average molecular weight is 279 g/mol. The van der Waals surface area contributed by atoms with Gasteiger partial charge in [-0.1, -0.05) is 0 Å². The molecule has 0 amide bonds. The van der Waals surface area contributed by atoms with Crippen LogP contribution in [0, 0.1) is 5.82 Å². The quantitative estimate of drug-likeness (QED) is 0.863. The summed E-state index contributed by atoms with van der Waals surface area (Å²) in [6, 6.07) is 5.63. The third-order valence-electron chi connectivity index (χ3n) is 4.40. The molecule has 1 heterocycles. The van der Waals surface area contributed by atoms with Gasteiger partial charge in [-0.15, -0.1) is 0 Å². The Kier molecular flexibility index (Phi) is 3.56. The van der Waals surface area contributed by atoms with Gasteiger partial charge in [0.05, 0.1) is 12.6 Å². The molecule has 1 atom stereocenters. The summed E-state index contributed by atoms with van der Waals surface area (Å²) in [5, 5.41) is 3.51. The Morgan fingerprint density at radius 1 is 1.50 bits per heavy atom. The van der Waals surface area contributed by atoms with E-state index in [1.54, 1.807) is 12.1 Å². The van der Waals surface area contributed by atoms with Crippen molar-refractivity contribution in [3.63, 3.8) is 0 Å². The highest BCUT2D eigenvalue weighted by Crippen LogP contribution is 2.35. The third-order valence-corrected chi connectivity index (χ3v) is 4.40. The van der Waals surface area contributed by atoms with Crippen LogP contribution in [0.1, 0.15) is 19.3 Å². The highest BCUT2D eigenvalue weighted by atomic mass is 19.1. The van der Waals surface area contributed by atoms with Crippen LogP contribution < -0.4 is 15.8 Å². The fourth-order valence-electron chi connectivity index (χ4n) is 3.02. The Balaban J connectivity index is 1.74. The maximum atomic E-state index is 13.5. The summed E-state index contributed by atoms with van der Waals surface area (Å²) in [4.78, 5) is 2.51. The van der Waals surface area contributed by atoms with Crippen LogP contribution in [0.25, 0.3) is 0 Å². The van der Waals surface area contributed by atoms with Gasteiger partial charge in [0.15, 0.2) is 11.6 Å². The van der Waals surface area contributed by atoms with Crippen molar-refractivity contribution >= 4 is 5.69 Å². The SMILES string of the molecule is COc1cc(NC2(CN)CCN(C3CC3)C2)ccc1F. The molecule has 2 aliphatic rings. The van der Waals surface area contributed by atoms with E-state index in [1.165, 1.54) is 26.0 Å². The zero-order valence-corrected chi connectivity index (χ0v) is 11.9. The van der Waals surface area contributed by atoms with Crippen LogP contribution in [0.3, 0.4) is 0 Å². The lowest BCUT2D eigenvalue weighted by Crippen LogP contribution is -2.48. The molecule has 0 spiro atoms. The molecular weight excluding hydrogens is 257 g/mol. The van der Waals surface area contributed by atoms with Gasteiger partial charge in [0, 0.05) is 37.4 Å². The van der Waals surface area contributed by atoms with E-state index in [1.807, 2.05) is 0 Å². The maximum absolute atomic E-state index is 13.5. The molecule has 1 aliphatic heterocycles.